The van der Waals surface area contributed by atoms with E-state index in [9.17, 15) is 9.59 Å². The highest BCUT2D eigenvalue weighted by atomic mass is 16.2. The molecule has 0 aromatic carbocycles. The zero-order chi connectivity index (χ0) is 20.4. The van der Waals surface area contributed by atoms with Crippen LogP contribution in [0.25, 0.3) is 5.65 Å². The van der Waals surface area contributed by atoms with Crippen molar-refractivity contribution in [2.24, 2.45) is 11.7 Å². The van der Waals surface area contributed by atoms with Crippen LogP contribution in [-0.2, 0) is 11.3 Å². The highest BCUT2D eigenvalue weighted by Crippen LogP contribution is 2.24. The maximum atomic E-state index is 12.6. The Balaban J connectivity index is 1.44. The van der Waals surface area contributed by atoms with Crippen molar-refractivity contribution in [1.82, 2.24) is 19.7 Å². The summed E-state index contributed by atoms with van der Waals surface area (Å²) in [5.41, 5.74) is 8.70. The number of rotatable bonds is 5. The number of hydrogen-bond acceptors (Lipinski definition) is 5. The minimum Gasteiger partial charge on any atom is -0.369 e. The summed E-state index contributed by atoms with van der Waals surface area (Å²) in [5, 5.41) is 2.98. The van der Waals surface area contributed by atoms with E-state index in [1.54, 1.807) is 24.5 Å². The lowest BCUT2D eigenvalue weighted by Crippen LogP contribution is -2.39. The molecule has 29 heavy (non-hydrogen) atoms. The van der Waals surface area contributed by atoms with Crippen LogP contribution in [0.2, 0.25) is 0 Å². The van der Waals surface area contributed by atoms with E-state index in [4.69, 9.17) is 5.73 Å². The second kappa shape index (κ2) is 7.90. The molecule has 0 spiro atoms. The molecule has 2 amide bonds. The van der Waals surface area contributed by atoms with Crippen molar-refractivity contribution in [3.8, 4) is 0 Å². The van der Waals surface area contributed by atoms with Crippen LogP contribution in [0.3, 0.4) is 0 Å². The number of amides is 2. The largest absolute Gasteiger partial charge is 0.369 e. The Labute approximate surface area is 168 Å². The standard InChI is InChI=1S/C21H24N6O2/c1-14-12-24-18-11-16(6-10-27(14)18)21(29)25-13-17-3-2-7-23-20(17)26-8-4-15(5-9-26)19(22)28/h2-3,6-7,10-12,15H,4-5,8-9,13H2,1H3,(H2,22,28)(H,25,29). The Morgan fingerprint density at radius 3 is 2.79 bits per heavy atom. The van der Waals surface area contributed by atoms with E-state index in [2.05, 4.69) is 20.2 Å². The fraction of sp³-hybridized carbons (Fsp3) is 0.333. The van der Waals surface area contributed by atoms with E-state index < -0.39 is 0 Å². The first-order valence-corrected chi connectivity index (χ1v) is 9.73. The van der Waals surface area contributed by atoms with E-state index in [0.29, 0.717) is 12.1 Å². The van der Waals surface area contributed by atoms with E-state index in [-0.39, 0.29) is 17.7 Å². The number of aromatic nitrogens is 3. The molecule has 1 aliphatic rings. The molecule has 8 heteroatoms. The van der Waals surface area contributed by atoms with Gasteiger partial charge < -0.3 is 20.4 Å². The number of carbonyl (C=O) groups is 2. The molecule has 0 saturated carbocycles. The third-order valence-corrected chi connectivity index (χ3v) is 5.46. The van der Waals surface area contributed by atoms with Crippen molar-refractivity contribution in [2.45, 2.75) is 26.3 Å². The summed E-state index contributed by atoms with van der Waals surface area (Å²) in [4.78, 5) is 35.0. The summed E-state index contributed by atoms with van der Waals surface area (Å²) < 4.78 is 1.94. The van der Waals surface area contributed by atoms with Gasteiger partial charge in [-0.25, -0.2) is 9.97 Å². The normalized spacial score (nSPS) is 14.9. The lowest BCUT2D eigenvalue weighted by atomic mass is 9.96. The third kappa shape index (κ3) is 3.91. The van der Waals surface area contributed by atoms with Crippen LogP contribution in [0.5, 0.6) is 0 Å². The number of primary amides is 1. The van der Waals surface area contributed by atoms with Crippen molar-refractivity contribution in [2.75, 3.05) is 18.0 Å². The first-order valence-electron chi connectivity index (χ1n) is 9.73. The molecule has 0 radical (unpaired) electrons. The van der Waals surface area contributed by atoms with Gasteiger partial charge in [0.05, 0.1) is 0 Å². The number of carbonyl (C=O) groups excluding carboxylic acids is 2. The molecule has 3 aromatic rings. The highest BCUT2D eigenvalue weighted by molar-refractivity contribution is 5.95. The van der Waals surface area contributed by atoms with Crippen molar-refractivity contribution in [3.05, 3.63) is 59.7 Å². The number of pyridine rings is 2. The summed E-state index contributed by atoms with van der Waals surface area (Å²) in [6, 6.07) is 7.39. The number of hydrogen-bond donors (Lipinski definition) is 2. The topological polar surface area (TPSA) is 106 Å². The Morgan fingerprint density at radius 2 is 2.03 bits per heavy atom. The summed E-state index contributed by atoms with van der Waals surface area (Å²) in [7, 11) is 0. The Hall–Kier alpha value is -3.42. The molecule has 1 saturated heterocycles. The third-order valence-electron chi connectivity index (χ3n) is 5.46. The number of anilines is 1. The maximum Gasteiger partial charge on any atom is 0.251 e. The van der Waals surface area contributed by atoms with Gasteiger partial charge in [0.1, 0.15) is 11.5 Å². The minimum absolute atomic E-state index is 0.0701. The molecule has 1 aliphatic heterocycles. The molecule has 4 heterocycles. The summed E-state index contributed by atoms with van der Waals surface area (Å²) in [6.07, 6.45) is 6.82. The number of piperidine rings is 1. The molecular weight excluding hydrogens is 368 g/mol. The van der Waals surface area contributed by atoms with E-state index >= 15 is 0 Å². The van der Waals surface area contributed by atoms with Crippen LogP contribution < -0.4 is 16.0 Å². The Bertz CT molecular complexity index is 1050. The maximum absolute atomic E-state index is 12.6. The molecule has 8 nitrogen and oxygen atoms in total. The second-order valence-electron chi connectivity index (χ2n) is 7.38. The van der Waals surface area contributed by atoms with E-state index in [0.717, 1.165) is 48.7 Å². The van der Waals surface area contributed by atoms with E-state index in [1.807, 2.05) is 29.7 Å². The first-order chi connectivity index (χ1) is 14.0. The first kappa shape index (κ1) is 18.9. The van der Waals surface area contributed by atoms with Crippen LogP contribution in [0, 0.1) is 12.8 Å². The molecule has 0 bridgehead atoms. The van der Waals surface area contributed by atoms with Gasteiger partial charge in [-0.2, -0.15) is 0 Å². The number of aryl methyl sites for hydroxylation is 1. The van der Waals surface area contributed by atoms with Crippen LogP contribution >= 0.6 is 0 Å². The van der Waals surface area contributed by atoms with Gasteiger partial charge in [-0.15, -0.1) is 0 Å². The van der Waals surface area contributed by atoms with Gasteiger partial charge in [0.25, 0.3) is 5.91 Å². The van der Waals surface area contributed by atoms with Crippen molar-refractivity contribution >= 4 is 23.3 Å². The van der Waals surface area contributed by atoms with Crippen LogP contribution in [-0.4, -0.2) is 39.3 Å². The Morgan fingerprint density at radius 1 is 1.24 bits per heavy atom. The van der Waals surface area contributed by atoms with Crippen LogP contribution in [0.4, 0.5) is 5.82 Å². The molecule has 4 rings (SSSR count). The van der Waals surface area contributed by atoms with Gasteiger partial charge in [0, 0.05) is 61.0 Å². The minimum atomic E-state index is -0.234. The molecule has 0 unspecified atom stereocenters. The van der Waals surface area contributed by atoms with Gasteiger partial charge in [-0.05, 0) is 38.0 Å². The quantitative estimate of drug-likeness (QED) is 0.687. The average Bonchev–Trinajstić information content (AvgIpc) is 3.12. The van der Waals surface area contributed by atoms with Crippen molar-refractivity contribution < 1.29 is 9.59 Å². The van der Waals surface area contributed by atoms with Gasteiger partial charge in [-0.3, -0.25) is 9.59 Å². The van der Waals surface area contributed by atoms with Gasteiger partial charge in [0.15, 0.2) is 0 Å². The zero-order valence-electron chi connectivity index (χ0n) is 16.3. The lowest BCUT2D eigenvalue weighted by Gasteiger charge is -2.32. The van der Waals surface area contributed by atoms with Crippen LogP contribution in [0.15, 0.2) is 42.9 Å². The Kier molecular flexibility index (Phi) is 5.16. The SMILES string of the molecule is Cc1cnc2cc(C(=O)NCc3cccnc3N3CCC(C(N)=O)CC3)ccn12. The van der Waals surface area contributed by atoms with Crippen molar-refractivity contribution in [3.63, 3.8) is 0 Å². The number of nitrogens with two attached hydrogens (primary N) is 1. The molecule has 0 aliphatic carbocycles. The molecule has 0 atom stereocenters. The second-order valence-corrected chi connectivity index (χ2v) is 7.38. The van der Waals surface area contributed by atoms with Crippen LogP contribution in [0.1, 0.15) is 34.5 Å². The summed E-state index contributed by atoms with van der Waals surface area (Å²) in [5.74, 6) is 0.382. The van der Waals surface area contributed by atoms with Gasteiger partial charge in [-0.1, -0.05) is 6.07 Å². The summed E-state index contributed by atoms with van der Waals surface area (Å²) in [6.45, 7) is 3.79. The monoisotopic (exact) mass is 392 g/mol. The van der Waals surface area contributed by atoms with E-state index in [1.165, 1.54) is 0 Å². The highest BCUT2D eigenvalue weighted by Gasteiger charge is 2.25. The lowest BCUT2D eigenvalue weighted by molar-refractivity contribution is -0.122. The molecule has 1 fully saturated rings. The number of fused-ring (bicyclic) bond motifs is 1. The molecule has 150 valence electrons. The number of nitrogens with one attached hydrogen (secondary N) is 1. The molecule has 3 N–H and O–H groups in total. The fourth-order valence-electron chi connectivity index (χ4n) is 3.76. The zero-order valence-corrected chi connectivity index (χ0v) is 16.3. The van der Waals surface area contributed by atoms with Gasteiger partial charge in [0.2, 0.25) is 5.91 Å². The van der Waals surface area contributed by atoms with Gasteiger partial charge >= 0.3 is 0 Å². The summed E-state index contributed by atoms with van der Waals surface area (Å²) >= 11 is 0. The molecule has 3 aromatic heterocycles. The fourth-order valence-corrected chi connectivity index (χ4v) is 3.76. The van der Waals surface area contributed by atoms with Crippen molar-refractivity contribution in [1.29, 1.82) is 0 Å². The average molecular weight is 392 g/mol. The predicted molar refractivity (Wildman–Crippen MR) is 109 cm³/mol. The smallest absolute Gasteiger partial charge is 0.251 e. The number of imidazole rings is 1. The number of nitrogens with zero attached hydrogens (tertiary/aromatic N) is 4. The molecular formula is C21H24N6O2. The predicted octanol–water partition coefficient (Wildman–Crippen LogP) is 1.67.